The number of carbonyl (C=O) groups excluding carboxylic acids is 1. The van der Waals surface area contributed by atoms with Gasteiger partial charge in [0.15, 0.2) is 0 Å². The van der Waals surface area contributed by atoms with Crippen LogP contribution in [0.1, 0.15) is 48.3 Å². The van der Waals surface area contributed by atoms with Crippen molar-refractivity contribution in [3.05, 3.63) is 28.0 Å². The highest BCUT2D eigenvalue weighted by Crippen LogP contribution is 2.26. The van der Waals surface area contributed by atoms with E-state index < -0.39 is 5.97 Å². The maximum Gasteiger partial charge on any atom is 0.328 e. The lowest BCUT2D eigenvalue weighted by molar-refractivity contribution is -0.131. The number of carboxylic acid groups (broad SMARTS) is 1. The predicted octanol–water partition coefficient (Wildman–Crippen LogP) is 3.43. The SMILES string of the molecule is O=C(O)C=Cc1ccc(CNC(=O)CC2CCCCC2)s1. The molecule has 0 aliphatic heterocycles. The van der Waals surface area contributed by atoms with E-state index in [9.17, 15) is 9.59 Å². The Morgan fingerprint density at radius 1 is 1.29 bits per heavy atom. The fourth-order valence-corrected chi connectivity index (χ4v) is 3.50. The monoisotopic (exact) mass is 307 g/mol. The minimum absolute atomic E-state index is 0.123. The number of amides is 1. The average molecular weight is 307 g/mol. The van der Waals surface area contributed by atoms with Crippen LogP contribution in [0.2, 0.25) is 0 Å². The summed E-state index contributed by atoms with van der Waals surface area (Å²) < 4.78 is 0. The highest BCUT2D eigenvalue weighted by atomic mass is 32.1. The van der Waals surface area contributed by atoms with Crippen LogP contribution in [0.3, 0.4) is 0 Å². The zero-order chi connectivity index (χ0) is 15.1. The molecule has 4 nitrogen and oxygen atoms in total. The summed E-state index contributed by atoms with van der Waals surface area (Å²) in [5, 5.41) is 11.5. The molecule has 2 N–H and O–H groups in total. The predicted molar refractivity (Wildman–Crippen MR) is 84.0 cm³/mol. The summed E-state index contributed by atoms with van der Waals surface area (Å²) in [6, 6.07) is 3.79. The Morgan fingerprint density at radius 3 is 2.76 bits per heavy atom. The zero-order valence-electron chi connectivity index (χ0n) is 12.0. The van der Waals surface area contributed by atoms with E-state index >= 15 is 0 Å². The lowest BCUT2D eigenvalue weighted by Crippen LogP contribution is -2.25. The van der Waals surface area contributed by atoms with Gasteiger partial charge in [-0.05, 0) is 37.0 Å². The van der Waals surface area contributed by atoms with Crippen LogP contribution in [-0.2, 0) is 16.1 Å². The van der Waals surface area contributed by atoms with Gasteiger partial charge in [-0.1, -0.05) is 19.3 Å². The summed E-state index contributed by atoms with van der Waals surface area (Å²) >= 11 is 1.50. The van der Waals surface area contributed by atoms with Crippen LogP contribution >= 0.6 is 11.3 Å². The molecule has 0 spiro atoms. The van der Waals surface area contributed by atoms with Gasteiger partial charge in [-0.25, -0.2) is 4.79 Å². The lowest BCUT2D eigenvalue weighted by Gasteiger charge is -2.20. The Hall–Kier alpha value is -1.62. The van der Waals surface area contributed by atoms with Crippen molar-refractivity contribution >= 4 is 29.3 Å². The largest absolute Gasteiger partial charge is 0.478 e. The van der Waals surface area contributed by atoms with Crippen molar-refractivity contribution in [3.63, 3.8) is 0 Å². The highest BCUT2D eigenvalue weighted by Gasteiger charge is 2.16. The first-order chi connectivity index (χ1) is 10.1. The molecule has 1 aromatic rings. The molecule has 1 fully saturated rings. The van der Waals surface area contributed by atoms with Gasteiger partial charge in [0.1, 0.15) is 0 Å². The van der Waals surface area contributed by atoms with E-state index in [1.807, 2.05) is 12.1 Å². The Morgan fingerprint density at radius 2 is 2.05 bits per heavy atom. The molecular formula is C16H21NO3S. The van der Waals surface area contributed by atoms with E-state index in [2.05, 4.69) is 5.32 Å². The Labute approximate surface area is 128 Å². The maximum atomic E-state index is 11.9. The number of nitrogens with one attached hydrogen (secondary N) is 1. The summed E-state index contributed by atoms with van der Waals surface area (Å²) in [6.45, 7) is 0.525. The molecule has 1 aromatic heterocycles. The number of thiophene rings is 1. The van der Waals surface area contributed by atoms with Crippen molar-refractivity contribution in [1.82, 2.24) is 5.32 Å². The van der Waals surface area contributed by atoms with E-state index in [4.69, 9.17) is 5.11 Å². The van der Waals surface area contributed by atoms with Gasteiger partial charge in [0.2, 0.25) is 5.91 Å². The van der Waals surface area contributed by atoms with Gasteiger partial charge >= 0.3 is 5.97 Å². The summed E-state index contributed by atoms with van der Waals surface area (Å²) in [5.74, 6) is -0.278. The average Bonchev–Trinajstić information content (AvgIpc) is 2.92. The third-order valence-electron chi connectivity index (χ3n) is 3.73. The zero-order valence-corrected chi connectivity index (χ0v) is 12.8. The molecule has 1 amide bonds. The van der Waals surface area contributed by atoms with Crippen LogP contribution in [0.15, 0.2) is 18.2 Å². The van der Waals surface area contributed by atoms with Gasteiger partial charge in [0, 0.05) is 22.3 Å². The number of aliphatic carboxylic acids is 1. The van der Waals surface area contributed by atoms with Crippen molar-refractivity contribution in [2.24, 2.45) is 5.92 Å². The second kappa shape index (κ2) is 7.98. The number of hydrogen-bond donors (Lipinski definition) is 2. The van der Waals surface area contributed by atoms with Gasteiger partial charge in [0.25, 0.3) is 0 Å². The second-order valence-electron chi connectivity index (χ2n) is 5.46. The molecule has 2 rings (SSSR count). The van der Waals surface area contributed by atoms with Crippen LogP contribution in [0.4, 0.5) is 0 Å². The number of carbonyl (C=O) groups is 2. The molecule has 0 atom stereocenters. The van der Waals surface area contributed by atoms with Gasteiger partial charge in [-0.3, -0.25) is 4.79 Å². The second-order valence-corrected chi connectivity index (χ2v) is 6.66. The molecule has 0 bridgehead atoms. The Balaban J connectivity index is 1.74. The normalized spacial score (nSPS) is 16.2. The molecule has 0 radical (unpaired) electrons. The molecule has 5 heteroatoms. The molecule has 21 heavy (non-hydrogen) atoms. The first-order valence-corrected chi connectivity index (χ1v) is 8.21. The molecule has 1 aliphatic carbocycles. The highest BCUT2D eigenvalue weighted by molar-refractivity contribution is 7.12. The van der Waals surface area contributed by atoms with Crippen LogP contribution in [0.5, 0.6) is 0 Å². The van der Waals surface area contributed by atoms with Crippen molar-refractivity contribution in [1.29, 1.82) is 0 Å². The van der Waals surface area contributed by atoms with E-state index in [-0.39, 0.29) is 5.91 Å². The molecular weight excluding hydrogens is 286 g/mol. The Bertz CT molecular complexity index is 515. The van der Waals surface area contributed by atoms with Gasteiger partial charge in [-0.15, -0.1) is 11.3 Å². The summed E-state index contributed by atoms with van der Waals surface area (Å²) in [5.41, 5.74) is 0. The first kappa shape index (κ1) is 15.8. The standard InChI is InChI=1S/C16H21NO3S/c18-15(10-12-4-2-1-3-5-12)17-11-14-7-6-13(21-14)8-9-16(19)20/h6-9,12H,1-5,10-11H2,(H,17,18)(H,19,20). The number of carboxylic acids is 1. The molecule has 0 aromatic carbocycles. The third-order valence-corrected chi connectivity index (χ3v) is 4.78. The third kappa shape index (κ3) is 5.71. The summed E-state index contributed by atoms with van der Waals surface area (Å²) in [6.07, 6.45) is 9.49. The molecule has 1 aliphatic rings. The van der Waals surface area contributed by atoms with E-state index in [1.54, 1.807) is 6.08 Å². The quantitative estimate of drug-likeness (QED) is 0.791. The van der Waals surface area contributed by atoms with Crippen LogP contribution in [0.25, 0.3) is 6.08 Å². The minimum Gasteiger partial charge on any atom is -0.478 e. The van der Waals surface area contributed by atoms with Crippen LogP contribution < -0.4 is 5.32 Å². The molecule has 1 heterocycles. The number of rotatable bonds is 6. The molecule has 114 valence electrons. The van der Waals surface area contributed by atoms with E-state index in [0.29, 0.717) is 18.9 Å². The minimum atomic E-state index is -0.953. The first-order valence-electron chi connectivity index (χ1n) is 7.40. The Kier molecular flexibility index (Phi) is 5.99. The molecule has 0 saturated heterocycles. The van der Waals surface area contributed by atoms with E-state index in [1.165, 1.54) is 43.4 Å². The van der Waals surface area contributed by atoms with Gasteiger partial charge in [0.05, 0.1) is 6.54 Å². The summed E-state index contributed by atoms with van der Waals surface area (Å²) in [4.78, 5) is 24.3. The van der Waals surface area contributed by atoms with Crippen LogP contribution in [0, 0.1) is 5.92 Å². The van der Waals surface area contributed by atoms with Crippen molar-refractivity contribution in [2.75, 3.05) is 0 Å². The van der Waals surface area contributed by atoms with Crippen molar-refractivity contribution in [3.8, 4) is 0 Å². The lowest BCUT2D eigenvalue weighted by atomic mass is 9.87. The van der Waals surface area contributed by atoms with Crippen molar-refractivity contribution in [2.45, 2.75) is 45.1 Å². The fourth-order valence-electron chi connectivity index (χ4n) is 2.64. The summed E-state index contributed by atoms with van der Waals surface area (Å²) in [7, 11) is 0. The maximum absolute atomic E-state index is 11.9. The molecule has 1 saturated carbocycles. The fraction of sp³-hybridized carbons (Fsp3) is 0.500. The van der Waals surface area contributed by atoms with Gasteiger partial charge < -0.3 is 10.4 Å². The van der Waals surface area contributed by atoms with Crippen LogP contribution in [-0.4, -0.2) is 17.0 Å². The number of hydrogen-bond acceptors (Lipinski definition) is 3. The molecule has 0 unspecified atom stereocenters. The van der Waals surface area contributed by atoms with Crippen molar-refractivity contribution < 1.29 is 14.7 Å². The van der Waals surface area contributed by atoms with Gasteiger partial charge in [-0.2, -0.15) is 0 Å². The smallest absolute Gasteiger partial charge is 0.328 e. The van der Waals surface area contributed by atoms with E-state index in [0.717, 1.165) is 15.8 Å². The topological polar surface area (TPSA) is 66.4 Å².